The van der Waals surface area contributed by atoms with Crippen molar-refractivity contribution in [2.75, 3.05) is 6.54 Å². The third-order valence-corrected chi connectivity index (χ3v) is 3.40. The van der Waals surface area contributed by atoms with Crippen molar-refractivity contribution in [1.82, 2.24) is 15.1 Å². The van der Waals surface area contributed by atoms with E-state index in [1.165, 1.54) is 5.56 Å². The van der Waals surface area contributed by atoms with Crippen LogP contribution in [-0.2, 0) is 6.54 Å². The summed E-state index contributed by atoms with van der Waals surface area (Å²) in [5.74, 6) is 0.652. The number of aliphatic hydroxyl groups is 1. The Labute approximate surface area is 96.7 Å². The number of aryl methyl sites for hydroxylation is 1. The predicted octanol–water partition coefficient (Wildman–Crippen LogP) is 1.32. The van der Waals surface area contributed by atoms with Crippen molar-refractivity contribution < 1.29 is 5.11 Å². The summed E-state index contributed by atoms with van der Waals surface area (Å²) in [6, 6.07) is 0.345. The van der Waals surface area contributed by atoms with E-state index in [1.807, 2.05) is 10.9 Å². The highest BCUT2D eigenvalue weighted by atomic mass is 16.3. The molecule has 0 radical (unpaired) electrons. The first-order chi connectivity index (χ1) is 7.69. The Kier molecular flexibility index (Phi) is 3.61. The Morgan fingerprint density at radius 2 is 2.38 bits per heavy atom. The maximum Gasteiger partial charge on any atom is 0.0546 e. The molecule has 0 saturated heterocycles. The van der Waals surface area contributed by atoms with Gasteiger partial charge in [-0.3, -0.25) is 4.68 Å². The fourth-order valence-corrected chi connectivity index (χ4v) is 2.10. The van der Waals surface area contributed by atoms with E-state index >= 15 is 0 Å². The first kappa shape index (κ1) is 11.6. The van der Waals surface area contributed by atoms with Crippen molar-refractivity contribution in [3.8, 4) is 0 Å². The van der Waals surface area contributed by atoms with Gasteiger partial charge < -0.3 is 10.4 Å². The highest BCUT2D eigenvalue weighted by Gasteiger charge is 2.27. The van der Waals surface area contributed by atoms with E-state index in [2.05, 4.69) is 30.5 Å². The first-order valence-electron chi connectivity index (χ1n) is 6.12. The van der Waals surface area contributed by atoms with Gasteiger partial charge in [0.25, 0.3) is 0 Å². The average molecular weight is 223 g/mol. The molecule has 1 heterocycles. The van der Waals surface area contributed by atoms with Gasteiger partial charge in [0, 0.05) is 24.3 Å². The molecular formula is C12H21N3O. The van der Waals surface area contributed by atoms with Gasteiger partial charge in [0.15, 0.2) is 0 Å². The molecule has 1 unspecified atom stereocenters. The van der Waals surface area contributed by atoms with Crippen molar-refractivity contribution in [3.05, 3.63) is 18.0 Å². The van der Waals surface area contributed by atoms with Crippen LogP contribution in [0.15, 0.2) is 12.4 Å². The summed E-state index contributed by atoms with van der Waals surface area (Å²) < 4.78 is 1.95. The Morgan fingerprint density at radius 3 is 2.94 bits per heavy atom. The molecule has 16 heavy (non-hydrogen) atoms. The summed E-state index contributed by atoms with van der Waals surface area (Å²) >= 11 is 0. The summed E-state index contributed by atoms with van der Waals surface area (Å²) in [6.45, 7) is 6.16. The average Bonchev–Trinajstić information content (AvgIpc) is 2.70. The zero-order valence-electron chi connectivity index (χ0n) is 10.1. The van der Waals surface area contributed by atoms with E-state index in [4.69, 9.17) is 0 Å². The summed E-state index contributed by atoms with van der Waals surface area (Å²) in [7, 11) is 0. The summed E-state index contributed by atoms with van der Waals surface area (Å²) in [6.07, 6.45) is 5.87. The third kappa shape index (κ3) is 2.62. The van der Waals surface area contributed by atoms with E-state index in [0.717, 1.165) is 25.9 Å². The molecule has 2 N–H and O–H groups in total. The summed E-state index contributed by atoms with van der Waals surface area (Å²) in [5.41, 5.74) is 1.24. The van der Waals surface area contributed by atoms with Gasteiger partial charge in [-0.2, -0.15) is 5.10 Å². The lowest BCUT2D eigenvalue weighted by Crippen LogP contribution is -2.36. The first-order valence-corrected chi connectivity index (χ1v) is 6.12. The van der Waals surface area contributed by atoms with Crippen LogP contribution in [0.25, 0.3) is 0 Å². The quantitative estimate of drug-likeness (QED) is 0.791. The van der Waals surface area contributed by atoms with E-state index in [1.54, 1.807) is 0 Å². The Balaban J connectivity index is 1.76. The Hall–Kier alpha value is -0.870. The van der Waals surface area contributed by atoms with Gasteiger partial charge in [-0.1, -0.05) is 0 Å². The second-order valence-corrected chi connectivity index (χ2v) is 4.75. The number of hydrogen-bond acceptors (Lipinski definition) is 3. The fourth-order valence-electron chi connectivity index (χ4n) is 2.10. The maximum absolute atomic E-state index is 9.19. The van der Waals surface area contributed by atoms with Crippen molar-refractivity contribution in [1.29, 1.82) is 0 Å². The number of aliphatic hydroxyl groups excluding tert-OH is 1. The maximum atomic E-state index is 9.19. The zero-order chi connectivity index (χ0) is 11.5. The fraction of sp³-hybridized carbons (Fsp3) is 0.750. The van der Waals surface area contributed by atoms with Gasteiger partial charge in [0.2, 0.25) is 0 Å². The van der Waals surface area contributed by atoms with Crippen LogP contribution in [0.5, 0.6) is 0 Å². The molecule has 0 spiro atoms. The van der Waals surface area contributed by atoms with Crippen LogP contribution in [0.2, 0.25) is 0 Å². The monoisotopic (exact) mass is 223 g/mol. The minimum atomic E-state index is -0.0510. The van der Waals surface area contributed by atoms with Crippen LogP contribution in [0.1, 0.15) is 38.3 Å². The molecule has 0 aliphatic heterocycles. The molecular weight excluding hydrogens is 202 g/mol. The molecule has 1 fully saturated rings. The molecule has 1 aromatic rings. The highest BCUT2D eigenvalue weighted by molar-refractivity contribution is 5.09. The van der Waals surface area contributed by atoms with Crippen molar-refractivity contribution in [2.24, 2.45) is 5.92 Å². The predicted molar refractivity (Wildman–Crippen MR) is 63.0 cm³/mol. The van der Waals surface area contributed by atoms with Gasteiger partial charge in [-0.25, -0.2) is 0 Å². The standard InChI is InChI=1S/C12H21N3O/c1-3-15-8-11(7-14-15)9(2)13-6-10-4-12(16)5-10/h7-10,12-13,16H,3-6H2,1-2H3. The molecule has 0 aromatic carbocycles. The van der Waals surface area contributed by atoms with E-state index < -0.39 is 0 Å². The van der Waals surface area contributed by atoms with Crippen molar-refractivity contribution >= 4 is 0 Å². The lowest BCUT2D eigenvalue weighted by molar-refractivity contribution is 0.0420. The lowest BCUT2D eigenvalue weighted by Gasteiger charge is -2.32. The van der Waals surface area contributed by atoms with Gasteiger partial charge in [0.1, 0.15) is 0 Å². The molecule has 1 aliphatic rings. The molecule has 1 atom stereocenters. The molecule has 2 rings (SSSR count). The summed E-state index contributed by atoms with van der Waals surface area (Å²) in [5, 5.41) is 17.0. The van der Waals surface area contributed by atoms with Crippen molar-refractivity contribution in [3.63, 3.8) is 0 Å². The molecule has 0 bridgehead atoms. The topological polar surface area (TPSA) is 50.1 Å². The number of hydrogen-bond donors (Lipinski definition) is 2. The van der Waals surface area contributed by atoms with Gasteiger partial charge in [0.05, 0.1) is 12.3 Å². The largest absolute Gasteiger partial charge is 0.393 e. The molecule has 1 aliphatic carbocycles. The number of nitrogens with zero attached hydrogens (tertiary/aromatic N) is 2. The minimum absolute atomic E-state index is 0.0510. The van der Waals surface area contributed by atoms with E-state index in [-0.39, 0.29) is 6.10 Å². The smallest absolute Gasteiger partial charge is 0.0546 e. The molecule has 1 aromatic heterocycles. The molecule has 90 valence electrons. The molecule has 1 saturated carbocycles. The minimum Gasteiger partial charge on any atom is -0.393 e. The van der Waals surface area contributed by atoms with Crippen LogP contribution >= 0.6 is 0 Å². The highest BCUT2D eigenvalue weighted by Crippen LogP contribution is 2.26. The number of nitrogens with one attached hydrogen (secondary N) is 1. The van der Waals surface area contributed by atoms with Gasteiger partial charge in [-0.05, 0) is 39.2 Å². The number of aromatic nitrogens is 2. The lowest BCUT2D eigenvalue weighted by atomic mass is 9.82. The molecule has 4 heteroatoms. The second kappa shape index (κ2) is 4.97. The zero-order valence-corrected chi connectivity index (χ0v) is 10.1. The van der Waals surface area contributed by atoms with Crippen LogP contribution < -0.4 is 5.32 Å². The van der Waals surface area contributed by atoms with Crippen LogP contribution in [-0.4, -0.2) is 27.5 Å². The third-order valence-electron chi connectivity index (χ3n) is 3.40. The van der Waals surface area contributed by atoms with Crippen molar-refractivity contribution in [2.45, 2.75) is 45.4 Å². The van der Waals surface area contributed by atoms with Gasteiger partial charge >= 0.3 is 0 Å². The molecule has 0 amide bonds. The molecule has 4 nitrogen and oxygen atoms in total. The van der Waals surface area contributed by atoms with Crippen LogP contribution in [0.4, 0.5) is 0 Å². The van der Waals surface area contributed by atoms with Gasteiger partial charge in [-0.15, -0.1) is 0 Å². The SMILES string of the molecule is CCn1cc(C(C)NCC2CC(O)C2)cn1. The van der Waals surface area contributed by atoms with Crippen LogP contribution in [0, 0.1) is 5.92 Å². The Bertz CT molecular complexity index is 331. The van der Waals surface area contributed by atoms with E-state index in [9.17, 15) is 5.11 Å². The normalized spacial score (nSPS) is 26.4. The van der Waals surface area contributed by atoms with Crippen LogP contribution in [0.3, 0.4) is 0 Å². The Morgan fingerprint density at radius 1 is 1.62 bits per heavy atom. The second-order valence-electron chi connectivity index (χ2n) is 4.75. The number of rotatable bonds is 5. The van der Waals surface area contributed by atoms with E-state index in [0.29, 0.717) is 12.0 Å². The summed E-state index contributed by atoms with van der Waals surface area (Å²) in [4.78, 5) is 0.